The highest BCUT2D eigenvalue weighted by Gasteiger charge is 2.02. The molecule has 0 rings (SSSR count). The van der Waals surface area contributed by atoms with Gasteiger partial charge in [-0.2, -0.15) is 0 Å². The van der Waals surface area contributed by atoms with Crippen LogP contribution in [0.2, 0.25) is 0 Å². The van der Waals surface area contributed by atoms with Crippen molar-refractivity contribution in [3.05, 3.63) is 35.3 Å². The predicted octanol–water partition coefficient (Wildman–Crippen LogP) is 4.80. The van der Waals surface area contributed by atoms with E-state index in [-0.39, 0.29) is 0 Å². The summed E-state index contributed by atoms with van der Waals surface area (Å²) >= 11 is 1.73. The van der Waals surface area contributed by atoms with Crippen molar-refractivity contribution in [2.75, 3.05) is 6.26 Å². The molecule has 14 heavy (non-hydrogen) atoms. The lowest BCUT2D eigenvalue weighted by Gasteiger charge is -2.10. The second kappa shape index (κ2) is 9.14. The van der Waals surface area contributed by atoms with Crippen LogP contribution in [0.25, 0.3) is 0 Å². The molecule has 0 aromatic heterocycles. The molecule has 0 aliphatic carbocycles. The molecule has 0 aliphatic heterocycles. The van der Waals surface area contributed by atoms with Crippen molar-refractivity contribution in [1.82, 2.24) is 0 Å². The van der Waals surface area contributed by atoms with Crippen LogP contribution in [0, 0.1) is 5.92 Å². The molecule has 80 valence electrons. The molecule has 1 atom stereocenters. The molecular formula is C13H22S. The molecule has 1 unspecified atom stereocenters. The van der Waals surface area contributed by atoms with Crippen LogP contribution in [0.3, 0.4) is 0 Å². The Bertz CT molecular complexity index is 211. The first-order valence-electron chi connectivity index (χ1n) is 5.28. The first-order valence-corrected chi connectivity index (χ1v) is 6.57. The van der Waals surface area contributed by atoms with Crippen LogP contribution in [0.4, 0.5) is 0 Å². The Labute approximate surface area is 93.2 Å². The number of hydrogen-bond acceptors (Lipinski definition) is 1. The van der Waals surface area contributed by atoms with E-state index in [2.05, 4.69) is 56.7 Å². The van der Waals surface area contributed by atoms with Gasteiger partial charge in [0.1, 0.15) is 0 Å². The van der Waals surface area contributed by atoms with Crippen LogP contribution in [-0.4, -0.2) is 6.26 Å². The van der Waals surface area contributed by atoms with E-state index in [1.54, 1.807) is 11.8 Å². The van der Waals surface area contributed by atoms with Crippen molar-refractivity contribution in [1.29, 1.82) is 0 Å². The highest BCUT2D eigenvalue weighted by molar-refractivity contribution is 8.01. The fourth-order valence-corrected chi connectivity index (χ4v) is 1.68. The van der Waals surface area contributed by atoms with Gasteiger partial charge in [0, 0.05) is 0 Å². The fourth-order valence-electron chi connectivity index (χ4n) is 1.44. The third-order valence-electron chi connectivity index (χ3n) is 2.24. The van der Waals surface area contributed by atoms with Crippen molar-refractivity contribution >= 4 is 11.8 Å². The van der Waals surface area contributed by atoms with Crippen LogP contribution in [0.15, 0.2) is 35.3 Å². The molecule has 0 aromatic carbocycles. The summed E-state index contributed by atoms with van der Waals surface area (Å²) in [6.07, 6.45) is 13.2. The first kappa shape index (κ1) is 13.6. The smallest absolute Gasteiger partial charge is 0.0142 e. The number of allylic oxidation sites excluding steroid dienone is 5. The summed E-state index contributed by atoms with van der Waals surface area (Å²) < 4.78 is 0. The molecule has 0 spiro atoms. The van der Waals surface area contributed by atoms with Gasteiger partial charge in [-0.25, -0.2) is 0 Å². The van der Waals surface area contributed by atoms with Crippen LogP contribution >= 0.6 is 11.8 Å². The Morgan fingerprint density at radius 3 is 2.57 bits per heavy atom. The van der Waals surface area contributed by atoms with Gasteiger partial charge in [-0.05, 0) is 36.5 Å². The maximum atomic E-state index is 2.29. The summed E-state index contributed by atoms with van der Waals surface area (Å²) in [5.74, 6) is 0.684. The van der Waals surface area contributed by atoms with Gasteiger partial charge in [0.2, 0.25) is 0 Å². The molecule has 0 N–H and O–H groups in total. The van der Waals surface area contributed by atoms with Crippen molar-refractivity contribution in [2.45, 2.75) is 33.6 Å². The highest BCUT2D eigenvalue weighted by Crippen LogP contribution is 2.17. The van der Waals surface area contributed by atoms with Crippen LogP contribution in [0.5, 0.6) is 0 Å². The standard InChI is InChI=1S/C13H22S/c1-5-9-12(3)13(6-2)10-7-8-11-14-4/h6-8,10-12H,5,9H2,1-4H3. The van der Waals surface area contributed by atoms with E-state index in [0.29, 0.717) is 5.92 Å². The van der Waals surface area contributed by atoms with Crippen LogP contribution in [0.1, 0.15) is 33.6 Å². The Morgan fingerprint density at radius 1 is 1.36 bits per heavy atom. The zero-order chi connectivity index (χ0) is 10.8. The Hall–Kier alpha value is -0.430. The van der Waals surface area contributed by atoms with Crippen molar-refractivity contribution < 1.29 is 0 Å². The second-order valence-electron chi connectivity index (χ2n) is 3.40. The normalized spacial score (nSPS) is 15.6. The Balaban J connectivity index is 4.16. The summed E-state index contributed by atoms with van der Waals surface area (Å²) in [4.78, 5) is 0. The van der Waals surface area contributed by atoms with E-state index in [9.17, 15) is 0 Å². The second-order valence-corrected chi connectivity index (χ2v) is 4.15. The van der Waals surface area contributed by atoms with E-state index in [0.717, 1.165) is 0 Å². The minimum absolute atomic E-state index is 0.684. The van der Waals surface area contributed by atoms with Crippen molar-refractivity contribution in [2.24, 2.45) is 5.92 Å². The molecule has 0 aliphatic rings. The molecule has 0 saturated heterocycles. The topological polar surface area (TPSA) is 0 Å². The van der Waals surface area contributed by atoms with Gasteiger partial charge in [0.25, 0.3) is 0 Å². The van der Waals surface area contributed by atoms with Gasteiger partial charge in [-0.3, -0.25) is 0 Å². The van der Waals surface area contributed by atoms with Gasteiger partial charge in [-0.15, -0.1) is 11.8 Å². The quantitative estimate of drug-likeness (QED) is 0.567. The average molecular weight is 210 g/mol. The van der Waals surface area contributed by atoms with Gasteiger partial charge in [-0.1, -0.05) is 44.6 Å². The van der Waals surface area contributed by atoms with E-state index in [4.69, 9.17) is 0 Å². The van der Waals surface area contributed by atoms with Crippen LogP contribution in [-0.2, 0) is 0 Å². The summed E-state index contributed by atoms with van der Waals surface area (Å²) in [5.41, 5.74) is 1.44. The SMILES string of the molecule is CC=C(C=CC=CSC)C(C)CCC. The lowest BCUT2D eigenvalue weighted by atomic mass is 9.96. The molecule has 1 heteroatoms. The van der Waals surface area contributed by atoms with E-state index in [1.807, 2.05) is 0 Å². The number of hydrogen-bond donors (Lipinski definition) is 0. The highest BCUT2D eigenvalue weighted by atomic mass is 32.2. The molecule has 0 amide bonds. The molecule has 0 bridgehead atoms. The maximum absolute atomic E-state index is 2.29. The van der Waals surface area contributed by atoms with Crippen molar-refractivity contribution in [3.8, 4) is 0 Å². The summed E-state index contributed by atoms with van der Waals surface area (Å²) in [6, 6.07) is 0. The minimum atomic E-state index is 0.684. The zero-order valence-corrected chi connectivity index (χ0v) is 10.6. The maximum Gasteiger partial charge on any atom is -0.0142 e. The lowest BCUT2D eigenvalue weighted by molar-refractivity contribution is 0.612. The van der Waals surface area contributed by atoms with E-state index >= 15 is 0 Å². The van der Waals surface area contributed by atoms with Gasteiger partial charge < -0.3 is 0 Å². The van der Waals surface area contributed by atoms with Gasteiger partial charge in [0.15, 0.2) is 0 Å². The molecule has 0 radical (unpaired) electrons. The summed E-state index contributed by atoms with van der Waals surface area (Å²) in [6.45, 7) is 6.65. The molecule has 0 heterocycles. The van der Waals surface area contributed by atoms with E-state index < -0.39 is 0 Å². The summed E-state index contributed by atoms with van der Waals surface area (Å²) in [7, 11) is 0. The first-order chi connectivity index (χ1) is 6.76. The van der Waals surface area contributed by atoms with E-state index in [1.165, 1.54) is 18.4 Å². The molecule has 0 saturated carbocycles. The Morgan fingerprint density at radius 2 is 2.07 bits per heavy atom. The third kappa shape index (κ3) is 6.09. The molecule has 0 fully saturated rings. The summed E-state index contributed by atoms with van der Waals surface area (Å²) in [5, 5.41) is 2.09. The lowest BCUT2D eigenvalue weighted by Crippen LogP contribution is -1.95. The average Bonchev–Trinajstić information content (AvgIpc) is 2.18. The minimum Gasteiger partial charge on any atom is -0.138 e. The number of rotatable bonds is 6. The largest absolute Gasteiger partial charge is 0.138 e. The zero-order valence-electron chi connectivity index (χ0n) is 9.79. The van der Waals surface area contributed by atoms with Gasteiger partial charge in [0.05, 0.1) is 0 Å². The monoisotopic (exact) mass is 210 g/mol. The van der Waals surface area contributed by atoms with Crippen molar-refractivity contribution in [3.63, 3.8) is 0 Å². The van der Waals surface area contributed by atoms with Gasteiger partial charge >= 0.3 is 0 Å². The molecule has 0 aromatic rings. The molecular weight excluding hydrogens is 188 g/mol. The molecule has 0 nitrogen and oxygen atoms in total. The Kier molecular flexibility index (Phi) is 8.86. The fraction of sp³-hybridized carbons (Fsp3) is 0.538. The predicted molar refractivity (Wildman–Crippen MR) is 69.6 cm³/mol. The number of thioether (sulfide) groups is 1. The van der Waals surface area contributed by atoms with Crippen LogP contribution < -0.4 is 0 Å². The third-order valence-corrected chi connectivity index (χ3v) is 2.67.